The highest BCUT2D eigenvalue weighted by molar-refractivity contribution is 7.91. The van der Waals surface area contributed by atoms with E-state index < -0.39 is 38.5 Å². The molecular formula is C14H15F2NO5S. The monoisotopic (exact) mass is 347 g/mol. The quantitative estimate of drug-likeness (QED) is 0.788. The van der Waals surface area contributed by atoms with Crippen LogP contribution in [0.1, 0.15) is 30.1 Å². The first-order chi connectivity index (χ1) is 10.7. The molecule has 0 heterocycles. The van der Waals surface area contributed by atoms with E-state index >= 15 is 0 Å². The summed E-state index contributed by atoms with van der Waals surface area (Å²) in [6, 6.07) is 4.04. The average molecular weight is 347 g/mol. The molecule has 1 fully saturated rings. The van der Waals surface area contributed by atoms with Gasteiger partial charge >= 0.3 is 11.7 Å². The Morgan fingerprint density at radius 2 is 1.78 bits per heavy atom. The molecule has 0 spiro atoms. The Morgan fingerprint density at radius 1 is 1.22 bits per heavy atom. The molecule has 1 aromatic rings. The standard InChI is InChI=1S/C14H15F2NO5S/c1-8(12(18)17-10-4-5-10)22-13(19)9-2-6-11(7-3-9)23(20,21)14(15)16/h2-3,6-8,10,14H,4-5H2,1H3,(H,17,18)/t8-/m1/s1. The van der Waals surface area contributed by atoms with Crippen molar-refractivity contribution in [1.82, 2.24) is 5.32 Å². The number of hydrogen-bond acceptors (Lipinski definition) is 5. The predicted octanol–water partition coefficient (Wildman–Crippen LogP) is 1.51. The number of ether oxygens (including phenoxy) is 1. The van der Waals surface area contributed by atoms with Gasteiger partial charge in [-0.15, -0.1) is 0 Å². The van der Waals surface area contributed by atoms with E-state index in [0.717, 1.165) is 37.1 Å². The normalized spacial score (nSPS) is 16.0. The number of rotatable bonds is 6. The van der Waals surface area contributed by atoms with E-state index in [-0.39, 0.29) is 11.6 Å². The van der Waals surface area contributed by atoms with Gasteiger partial charge in [-0.3, -0.25) is 4.79 Å². The first-order valence-electron chi connectivity index (χ1n) is 6.85. The summed E-state index contributed by atoms with van der Waals surface area (Å²) in [5.41, 5.74) is -0.0377. The lowest BCUT2D eigenvalue weighted by Crippen LogP contribution is -2.37. The van der Waals surface area contributed by atoms with E-state index in [4.69, 9.17) is 4.74 Å². The number of carbonyl (C=O) groups excluding carboxylic acids is 2. The number of amides is 1. The van der Waals surface area contributed by atoms with E-state index in [1.54, 1.807) is 0 Å². The minimum Gasteiger partial charge on any atom is -0.449 e. The number of esters is 1. The molecule has 0 aromatic heterocycles. The zero-order chi connectivity index (χ0) is 17.2. The third-order valence-electron chi connectivity index (χ3n) is 3.23. The van der Waals surface area contributed by atoms with Gasteiger partial charge in [0.1, 0.15) is 0 Å². The largest absolute Gasteiger partial charge is 0.449 e. The molecule has 0 saturated heterocycles. The van der Waals surface area contributed by atoms with Crippen LogP contribution in [0.15, 0.2) is 29.2 Å². The number of carbonyl (C=O) groups is 2. The molecular weight excluding hydrogens is 332 g/mol. The van der Waals surface area contributed by atoms with Gasteiger partial charge in [0.25, 0.3) is 5.91 Å². The molecule has 1 aromatic carbocycles. The van der Waals surface area contributed by atoms with Crippen LogP contribution in [0.3, 0.4) is 0 Å². The van der Waals surface area contributed by atoms with Crippen LogP contribution >= 0.6 is 0 Å². The molecule has 1 atom stereocenters. The van der Waals surface area contributed by atoms with Crippen molar-refractivity contribution in [1.29, 1.82) is 0 Å². The summed E-state index contributed by atoms with van der Waals surface area (Å²) in [6.45, 7) is 1.41. The summed E-state index contributed by atoms with van der Waals surface area (Å²) in [5.74, 6) is -4.80. The van der Waals surface area contributed by atoms with Gasteiger partial charge in [-0.05, 0) is 44.0 Å². The van der Waals surface area contributed by atoms with Crippen LogP contribution in [-0.4, -0.2) is 38.2 Å². The van der Waals surface area contributed by atoms with Gasteiger partial charge in [0.2, 0.25) is 9.84 Å². The first kappa shape index (κ1) is 17.3. The number of hydrogen-bond donors (Lipinski definition) is 1. The van der Waals surface area contributed by atoms with E-state index in [1.165, 1.54) is 6.92 Å². The fourth-order valence-electron chi connectivity index (χ4n) is 1.71. The SMILES string of the molecule is C[C@@H](OC(=O)c1ccc(S(=O)(=O)C(F)F)cc1)C(=O)NC1CC1. The number of benzene rings is 1. The highest BCUT2D eigenvalue weighted by Crippen LogP contribution is 2.20. The van der Waals surface area contributed by atoms with Gasteiger partial charge in [0.05, 0.1) is 10.5 Å². The molecule has 1 N–H and O–H groups in total. The summed E-state index contributed by atoms with van der Waals surface area (Å²) in [7, 11) is -4.71. The Bertz CT molecular complexity index is 698. The average Bonchev–Trinajstić information content (AvgIpc) is 3.31. The van der Waals surface area contributed by atoms with E-state index in [2.05, 4.69) is 5.32 Å². The number of nitrogens with one attached hydrogen (secondary N) is 1. The van der Waals surface area contributed by atoms with Crippen LogP contribution in [0.25, 0.3) is 0 Å². The molecule has 9 heteroatoms. The highest BCUT2D eigenvalue weighted by atomic mass is 32.2. The van der Waals surface area contributed by atoms with Crippen molar-refractivity contribution in [3.8, 4) is 0 Å². The zero-order valence-electron chi connectivity index (χ0n) is 12.2. The smallest absolute Gasteiger partial charge is 0.341 e. The maximum Gasteiger partial charge on any atom is 0.341 e. The highest BCUT2D eigenvalue weighted by Gasteiger charge is 2.28. The second-order valence-corrected chi connectivity index (χ2v) is 7.08. The molecule has 0 bridgehead atoms. The Morgan fingerprint density at radius 3 is 2.26 bits per heavy atom. The van der Waals surface area contributed by atoms with Crippen LogP contribution in [0.5, 0.6) is 0 Å². The maximum atomic E-state index is 12.4. The number of halogens is 2. The van der Waals surface area contributed by atoms with Crippen molar-refractivity contribution >= 4 is 21.7 Å². The van der Waals surface area contributed by atoms with Crippen LogP contribution < -0.4 is 5.32 Å². The summed E-state index contributed by atoms with van der Waals surface area (Å²) < 4.78 is 52.3. The molecule has 0 unspecified atom stereocenters. The van der Waals surface area contributed by atoms with Gasteiger partial charge in [-0.1, -0.05) is 0 Å². The summed E-state index contributed by atoms with van der Waals surface area (Å²) in [4.78, 5) is 22.9. The van der Waals surface area contributed by atoms with Gasteiger partial charge in [0.15, 0.2) is 6.10 Å². The van der Waals surface area contributed by atoms with Crippen molar-refractivity contribution in [2.45, 2.75) is 42.6 Å². The molecule has 1 aliphatic rings. The van der Waals surface area contributed by atoms with Crippen LogP contribution in [-0.2, 0) is 19.4 Å². The molecule has 2 rings (SSSR count). The minimum atomic E-state index is -4.71. The molecule has 1 amide bonds. The van der Waals surface area contributed by atoms with Gasteiger partial charge in [-0.25, -0.2) is 13.2 Å². The minimum absolute atomic E-state index is 0.0377. The van der Waals surface area contributed by atoms with Crippen LogP contribution in [0.4, 0.5) is 8.78 Å². The lowest BCUT2D eigenvalue weighted by atomic mass is 10.2. The Kier molecular flexibility index (Phi) is 4.98. The Hall–Kier alpha value is -2.03. The van der Waals surface area contributed by atoms with Crippen molar-refractivity contribution in [2.24, 2.45) is 0 Å². The number of sulfone groups is 1. The molecule has 1 saturated carbocycles. The lowest BCUT2D eigenvalue weighted by molar-refractivity contribution is -0.129. The zero-order valence-corrected chi connectivity index (χ0v) is 13.0. The van der Waals surface area contributed by atoms with E-state index in [0.29, 0.717) is 0 Å². The maximum absolute atomic E-state index is 12.4. The number of alkyl halides is 2. The van der Waals surface area contributed by atoms with Crippen molar-refractivity contribution in [2.75, 3.05) is 0 Å². The fraction of sp³-hybridized carbons (Fsp3) is 0.429. The molecule has 0 radical (unpaired) electrons. The van der Waals surface area contributed by atoms with Crippen LogP contribution in [0.2, 0.25) is 0 Å². The van der Waals surface area contributed by atoms with E-state index in [9.17, 15) is 26.8 Å². The second kappa shape index (κ2) is 6.61. The molecule has 6 nitrogen and oxygen atoms in total. The van der Waals surface area contributed by atoms with Crippen molar-refractivity contribution < 1.29 is 31.5 Å². The second-order valence-electron chi connectivity index (χ2n) is 5.16. The predicted molar refractivity (Wildman–Crippen MR) is 75.7 cm³/mol. The van der Waals surface area contributed by atoms with Crippen LogP contribution in [0, 0.1) is 0 Å². The third kappa shape index (κ3) is 4.25. The summed E-state index contributed by atoms with van der Waals surface area (Å²) in [6.07, 6.45) is 0.784. The molecule has 0 aliphatic heterocycles. The molecule has 23 heavy (non-hydrogen) atoms. The fourth-order valence-corrected chi connectivity index (χ4v) is 2.43. The molecule has 1 aliphatic carbocycles. The van der Waals surface area contributed by atoms with Gasteiger partial charge in [0, 0.05) is 6.04 Å². The lowest BCUT2D eigenvalue weighted by Gasteiger charge is -2.13. The van der Waals surface area contributed by atoms with Gasteiger partial charge < -0.3 is 10.1 Å². The summed E-state index contributed by atoms with van der Waals surface area (Å²) in [5, 5.41) is 2.67. The summed E-state index contributed by atoms with van der Waals surface area (Å²) >= 11 is 0. The van der Waals surface area contributed by atoms with Crippen molar-refractivity contribution in [3.63, 3.8) is 0 Å². The van der Waals surface area contributed by atoms with E-state index in [1.807, 2.05) is 0 Å². The Labute approximate surface area is 131 Å². The molecule has 126 valence electrons. The van der Waals surface area contributed by atoms with Gasteiger partial charge in [-0.2, -0.15) is 8.78 Å². The Balaban J connectivity index is 2.01. The third-order valence-corrected chi connectivity index (χ3v) is 4.63. The topological polar surface area (TPSA) is 89.5 Å². The van der Waals surface area contributed by atoms with Crippen molar-refractivity contribution in [3.05, 3.63) is 29.8 Å². The first-order valence-corrected chi connectivity index (χ1v) is 8.40.